The fourth-order valence-electron chi connectivity index (χ4n) is 3.43. The largest absolute Gasteiger partial charge is 0.493 e. The van der Waals surface area contributed by atoms with Crippen LogP contribution in [0.15, 0.2) is 40.9 Å². The lowest BCUT2D eigenvalue weighted by atomic mass is 10.1. The number of rotatable bonds is 5. The van der Waals surface area contributed by atoms with Crippen molar-refractivity contribution in [3.63, 3.8) is 0 Å². The number of aromatic nitrogens is 2. The molecule has 0 N–H and O–H groups in total. The predicted octanol–water partition coefficient (Wildman–Crippen LogP) is 4.24. The minimum atomic E-state index is -0.169. The van der Waals surface area contributed by atoms with Crippen LogP contribution in [0.4, 0.5) is 5.69 Å². The Kier molecular flexibility index (Phi) is 5.15. The maximum atomic E-state index is 12.6. The van der Waals surface area contributed by atoms with E-state index in [1.54, 1.807) is 31.3 Å². The molecule has 8 heteroatoms. The normalized spacial score (nSPS) is 16.3. The molecule has 7 nitrogen and oxygen atoms in total. The monoisotopic (exact) mass is 413 g/mol. The van der Waals surface area contributed by atoms with Crippen molar-refractivity contribution in [1.82, 2.24) is 10.1 Å². The highest BCUT2D eigenvalue weighted by atomic mass is 35.5. The number of ether oxygens (including phenoxy) is 2. The number of benzene rings is 2. The number of carbonyl (C=O) groups excluding carboxylic acids is 1. The Morgan fingerprint density at radius 3 is 2.66 bits per heavy atom. The van der Waals surface area contributed by atoms with Crippen LogP contribution in [0.1, 0.15) is 23.7 Å². The molecule has 2 aromatic carbocycles. The number of nitrogens with zero attached hydrogens (tertiary/aromatic N) is 3. The van der Waals surface area contributed by atoms with Crippen LogP contribution < -0.4 is 14.4 Å². The molecular weight excluding hydrogens is 394 g/mol. The fourth-order valence-corrected chi connectivity index (χ4v) is 3.77. The van der Waals surface area contributed by atoms with E-state index in [-0.39, 0.29) is 11.8 Å². The fraction of sp³-hybridized carbons (Fsp3) is 0.286. The smallest absolute Gasteiger partial charge is 0.258 e. The van der Waals surface area contributed by atoms with Gasteiger partial charge in [-0.15, -0.1) is 0 Å². The molecule has 0 spiro atoms. The topological polar surface area (TPSA) is 77.7 Å². The second-order valence-electron chi connectivity index (χ2n) is 6.89. The summed E-state index contributed by atoms with van der Waals surface area (Å²) in [6.07, 6.45) is 0.301. The molecule has 0 aliphatic carbocycles. The molecular formula is C21H20ClN3O4. The third-order valence-corrected chi connectivity index (χ3v) is 5.26. The van der Waals surface area contributed by atoms with Gasteiger partial charge in [-0.25, -0.2) is 0 Å². The van der Waals surface area contributed by atoms with Gasteiger partial charge in [0.05, 0.1) is 24.9 Å². The Morgan fingerprint density at radius 2 is 1.93 bits per heavy atom. The number of methoxy groups -OCH3 is 2. The maximum Gasteiger partial charge on any atom is 0.258 e. The van der Waals surface area contributed by atoms with E-state index in [2.05, 4.69) is 10.1 Å². The van der Waals surface area contributed by atoms with E-state index in [9.17, 15) is 4.79 Å². The first-order valence-corrected chi connectivity index (χ1v) is 9.50. The summed E-state index contributed by atoms with van der Waals surface area (Å²) in [5.41, 5.74) is 2.46. The number of carbonyl (C=O) groups is 1. The van der Waals surface area contributed by atoms with E-state index in [0.29, 0.717) is 52.5 Å². The summed E-state index contributed by atoms with van der Waals surface area (Å²) >= 11 is 6.34. The molecule has 1 aliphatic heterocycles. The first-order chi connectivity index (χ1) is 14.0. The highest BCUT2D eigenvalue weighted by Gasteiger charge is 2.35. The van der Waals surface area contributed by atoms with Crippen LogP contribution in [-0.4, -0.2) is 36.8 Å². The van der Waals surface area contributed by atoms with Gasteiger partial charge in [0, 0.05) is 24.4 Å². The van der Waals surface area contributed by atoms with E-state index in [1.807, 2.05) is 31.2 Å². The number of anilines is 1. The van der Waals surface area contributed by atoms with Crippen LogP contribution in [-0.2, 0) is 4.79 Å². The molecule has 0 radical (unpaired) electrons. The minimum Gasteiger partial charge on any atom is -0.493 e. The zero-order valence-corrected chi connectivity index (χ0v) is 17.1. The van der Waals surface area contributed by atoms with E-state index in [0.717, 1.165) is 5.56 Å². The van der Waals surface area contributed by atoms with Gasteiger partial charge in [-0.2, -0.15) is 4.98 Å². The first-order valence-electron chi connectivity index (χ1n) is 9.12. The third-order valence-electron chi connectivity index (χ3n) is 4.96. The zero-order valence-electron chi connectivity index (χ0n) is 16.3. The Labute approximate surface area is 173 Å². The van der Waals surface area contributed by atoms with Gasteiger partial charge in [0.25, 0.3) is 5.89 Å². The van der Waals surface area contributed by atoms with Crippen molar-refractivity contribution in [3.8, 4) is 23.0 Å². The van der Waals surface area contributed by atoms with Crippen LogP contribution in [0.5, 0.6) is 11.5 Å². The summed E-state index contributed by atoms with van der Waals surface area (Å²) in [7, 11) is 3.14. The number of halogens is 1. The highest BCUT2D eigenvalue weighted by molar-refractivity contribution is 6.34. The van der Waals surface area contributed by atoms with Gasteiger partial charge in [0.15, 0.2) is 17.3 Å². The van der Waals surface area contributed by atoms with Crippen LogP contribution >= 0.6 is 11.6 Å². The van der Waals surface area contributed by atoms with Gasteiger partial charge < -0.3 is 18.9 Å². The summed E-state index contributed by atoms with van der Waals surface area (Å²) < 4.78 is 16.0. The molecule has 1 saturated heterocycles. The maximum absolute atomic E-state index is 12.6. The van der Waals surface area contributed by atoms with Gasteiger partial charge in [-0.3, -0.25) is 4.79 Å². The van der Waals surface area contributed by atoms with Gasteiger partial charge in [0.1, 0.15) is 0 Å². The molecule has 1 aromatic heterocycles. The van der Waals surface area contributed by atoms with E-state index >= 15 is 0 Å². The van der Waals surface area contributed by atoms with Crippen molar-refractivity contribution in [1.29, 1.82) is 0 Å². The Morgan fingerprint density at radius 1 is 1.14 bits per heavy atom. The number of hydrogen-bond donors (Lipinski definition) is 0. The minimum absolute atomic E-state index is 0.0155. The zero-order chi connectivity index (χ0) is 20.5. The van der Waals surface area contributed by atoms with E-state index in [1.165, 1.54) is 0 Å². The van der Waals surface area contributed by atoms with Crippen molar-refractivity contribution in [2.75, 3.05) is 25.7 Å². The molecule has 150 valence electrons. The summed E-state index contributed by atoms with van der Waals surface area (Å²) in [6.45, 7) is 2.41. The molecule has 0 bridgehead atoms. The van der Waals surface area contributed by atoms with Gasteiger partial charge in [-0.1, -0.05) is 22.8 Å². The molecule has 1 aliphatic rings. The van der Waals surface area contributed by atoms with E-state index in [4.69, 9.17) is 25.6 Å². The lowest BCUT2D eigenvalue weighted by molar-refractivity contribution is -0.117. The molecule has 29 heavy (non-hydrogen) atoms. The Balaban J connectivity index is 1.57. The predicted molar refractivity (Wildman–Crippen MR) is 109 cm³/mol. The standard InChI is InChI=1S/C21H20ClN3O4/c1-12-4-6-16(15(22)8-12)25-11-14(10-19(25)26)20-23-21(29-24-20)13-5-7-17(27-2)18(9-13)28-3/h4-9,14H,10-11H2,1-3H3. The van der Waals surface area contributed by atoms with Crippen molar-refractivity contribution in [3.05, 3.63) is 52.8 Å². The quantitative estimate of drug-likeness (QED) is 0.622. The highest BCUT2D eigenvalue weighted by Crippen LogP contribution is 2.36. The second-order valence-corrected chi connectivity index (χ2v) is 7.29. The van der Waals surface area contributed by atoms with Gasteiger partial charge in [-0.05, 0) is 42.8 Å². The third kappa shape index (κ3) is 3.65. The van der Waals surface area contributed by atoms with Crippen LogP contribution in [0.25, 0.3) is 11.5 Å². The summed E-state index contributed by atoms with van der Waals surface area (Å²) in [5.74, 6) is 1.86. The molecule has 1 fully saturated rings. The Bertz CT molecular complexity index is 1070. The molecule has 4 rings (SSSR count). The summed E-state index contributed by atoms with van der Waals surface area (Å²) in [4.78, 5) is 18.8. The Hall–Kier alpha value is -3.06. The molecule has 2 heterocycles. The van der Waals surface area contributed by atoms with Gasteiger partial charge in [0.2, 0.25) is 5.91 Å². The average Bonchev–Trinajstić information content (AvgIpc) is 3.34. The molecule has 0 saturated carbocycles. The van der Waals surface area contributed by atoms with Crippen molar-refractivity contribution >= 4 is 23.2 Å². The van der Waals surface area contributed by atoms with Crippen LogP contribution in [0, 0.1) is 6.92 Å². The molecule has 1 atom stereocenters. The lowest BCUT2D eigenvalue weighted by Crippen LogP contribution is -2.24. The number of amides is 1. The van der Waals surface area contributed by atoms with Crippen molar-refractivity contribution in [2.45, 2.75) is 19.3 Å². The lowest BCUT2D eigenvalue weighted by Gasteiger charge is -2.18. The van der Waals surface area contributed by atoms with Crippen LogP contribution in [0.3, 0.4) is 0 Å². The van der Waals surface area contributed by atoms with Crippen LogP contribution in [0.2, 0.25) is 5.02 Å². The number of hydrogen-bond acceptors (Lipinski definition) is 6. The summed E-state index contributed by atoms with van der Waals surface area (Å²) in [6, 6.07) is 11.0. The summed E-state index contributed by atoms with van der Waals surface area (Å²) in [5, 5.41) is 4.66. The second kappa shape index (κ2) is 7.75. The molecule has 1 unspecified atom stereocenters. The van der Waals surface area contributed by atoms with E-state index < -0.39 is 0 Å². The van der Waals surface area contributed by atoms with Crippen molar-refractivity contribution in [2.24, 2.45) is 0 Å². The molecule has 3 aromatic rings. The number of aryl methyl sites for hydroxylation is 1. The SMILES string of the molecule is COc1ccc(-c2nc(C3CC(=O)N(c4ccc(C)cc4Cl)C3)no2)cc1OC. The first kappa shape index (κ1) is 19.3. The molecule has 1 amide bonds. The van der Waals surface area contributed by atoms with Gasteiger partial charge >= 0.3 is 0 Å². The average molecular weight is 414 g/mol. The van der Waals surface area contributed by atoms with Crippen molar-refractivity contribution < 1.29 is 18.8 Å².